The van der Waals surface area contributed by atoms with Gasteiger partial charge in [-0.15, -0.1) is 0 Å². The fourth-order valence-corrected chi connectivity index (χ4v) is 1.15. The number of aliphatic hydroxyl groups is 2. The molecule has 1 saturated heterocycles. The van der Waals surface area contributed by atoms with Crippen LogP contribution in [0.25, 0.3) is 0 Å². The maximum absolute atomic E-state index is 10.8. The molecule has 1 aliphatic heterocycles. The van der Waals surface area contributed by atoms with E-state index in [2.05, 4.69) is 5.32 Å². The maximum atomic E-state index is 10.8. The first kappa shape index (κ1) is 10.2. The zero-order valence-electron chi connectivity index (χ0n) is 7.27. The second-order valence-electron chi connectivity index (χ2n) is 2.64. The summed E-state index contributed by atoms with van der Waals surface area (Å²) < 4.78 is 9.54. The van der Waals surface area contributed by atoms with E-state index in [1.165, 1.54) is 14.2 Å². The summed E-state index contributed by atoms with van der Waals surface area (Å²) in [5, 5.41) is 22.7. The molecule has 1 fully saturated rings. The van der Waals surface area contributed by atoms with Gasteiger partial charge in [0.1, 0.15) is 0 Å². The predicted octanol–water partition coefficient (Wildman–Crippen LogP) is -2.07. The van der Waals surface area contributed by atoms with Crippen molar-refractivity contribution in [2.45, 2.75) is 18.2 Å². The van der Waals surface area contributed by atoms with Crippen molar-refractivity contribution in [2.24, 2.45) is 0 Å². The number of carbonyl (C=O) groups is 1. The minimum absolute atomic E-state index is 0.686. The fourth-order valence-electron chi connectivity index (χ4n) is 1.15. The molecule has 0 aromatic rings. The molecule has 0 bridgehead atoms. The van der Waals surface area contributed by atoms with Gasteiger partial charge >= 0.3 is 6.03 Å². The molecule has 0 aromatic heterocycles. The summed E-state index contributed by atoms with van der Waals surface area (Å²) in [6, 6.07) is -1.75. The van der Waals surface area contributed by atoms with Crippen molar-refractivity contribution >= 4 is 6.03 Å². The van der Waals surface area contributed by atoms with Crippen LogP contribution in [-0.2, 0) is 9.47 Å². The Balaban J connectivity index is 2.73. The summed E-state index contributed by atoms with van der Waals surface area (Å²) in [5.41, 5.74) is 0. The number of amides is 2. The van der Waals surface area contributed by atoms with Crippen molar-refractivity contribution in [3.8, 4) is 0 Å². The van der Waals surface area contributed by atoms with Crippen molar-refractivity contribution in [1.82, 2.24) is 10.6 Å². The van der Waals surface area contributed by atoms with E-state index >= 15 is 0 Å². The molecule has 1 atom stereocenters. The lowest BCUT2D eigenvalue weighted by atomic mass is 10.2. The van der Waals surface area contributed by atoms with Gasteiger partial charge in [0.25, 0.3) is 5.91 Å². The number of hydrogen-bond acceptors (Lipinski definition) is 5. The van der Waals surface area contributed by atoms with Crippen LogP contribution in [0.15, 0.2) is 0 Å². The number of carbonyl (C=O) groups excluding carboxylic acids is 1. The van der Waals surface area contributed by atoms with Gasteiger partial charge in [-0.1, -0.05) is 0 Å². The molecule has 0 aromatic carbocycles. The van der Waals surface area contributed by atoms with Gasteiger partial charge in [-0.25, -0.2) is 4.79 Å². The van der Waals surface area contributed by atoms with Crippen LogP contribution in [-0.4, -0.2) is 48.7 Å². The van der Waals surface area contributed by atoms with Crippen molar-refractivity contribution in [2.75, 3.05) is 14.2 Å². The standard InChI is InChI=1S/C6H12N2O5/c1-12-4(13-2)3-6(10,11)8-5(9)7-3/h3-4,10-11H,1-2H3,(H2,7,8,9). The van der Waals surface area contributed by atoms with Gasteiger partial charge in [0.2, 0.25) is 0 Å². The highest BCUT2D eigenvalue weighted by molar-refractivity contribution is 5.77. The van der Waals surface area contributed by atoms with E-state index in [0.717, 1.165) is 0 Å². The van der Waals surface area contributed by atoms with E-state index in [-0.39, 0.29) is 0 Å². The number of hydrogen-bond donors (Lipinski definition) is 4. The summed E-state index contributed by atoms with van der Waals surface area (Å²) in [6.07, 6.45) is -0.922. The first-order chi connectivity index (χ1) is 6.01. The predicted molar refractivity (Wildman–Crippen MR) is 40.4 cm³/mol. The summed E-state index contributed by atoms with van der Waals surface area (Å²) in [7, 11) is 2.66. The minimum Gasteiger partial charge on any atom is -0.353 e. The van der Waals surface area contributed by atoms with E-state index in [4.69, 9.17) is 9.47 Å². The molecule has 13 heavy (non-hydrogen) atoms. The largest absolute Gasteiger partial charge is 0.353 e. The monoisotopic (exact) mass is 192 g/mol. The third-order valence-corrected chi connectivity index (χ3v) is 1.75. The molecule has 2 amide bonds. The van der Waals surface area contributed by atoms with Crippen LogP contribution in [0, 0.1) is 0 Å². The highest BCUT2D eigenvalue weighted by Gasteiger charge is 2.48. The molecule has 0 saturated carbocycles. The lowest BCUT2D eigenvalue weighted by molar-refractivity contribution is -0.237. The Labute approximate surface area is 74.6 Å². The quantitative estimate of drug-likeness (QED) is 0.385. The summed E-state index contributed by atoms with van der Waals surface area (Å²) >= 11 is 0. The van der Waals surface area contributed by atoms with Crippen LogP contribution < -0.4 is 10.6 Å². The van der Waals surface area contributed by atoms with Crippen LogP contribution in [0.3, 0.4) is 0 Å². The lowest BCUT2D eigenvalue weighted by Crippen LogP contribution is -2.55. The Morgan fingerprint density at radius 1 is 1.46 bits per heavy atom. The molecular formula is C6H12N2O5. The molecule has 1 aliphatic rings. The van der Waals surface area contributed by atoms with Gasteiger partial charge in [-0.05, 0) is 0 Å². The molecule has 7 nitrogen and oxygen atoms in total. The second-order valence-corrected chi connectivity index (χ2v) is 2.64. The topological polar surface area (TPSA) is 100 Å². The number of urea groups is 1. The SMILES string of the molecule is COC(OC)C1NC(=O)NC1(O)O. The zero-order chi connectivity index (χ0) is 10.1. The summed E-state index contributed by atoms with van der Waals surface area (Å²) in [6.45, 7) is 0. The molecule has 76 valence electrons. The average Bonchev–Trinajstić information content (AvgIpc) is 2.28. The third-order valence-electron chi connectivity index (χ3n) is 1.75. The number of methoxy groups -OCH3 is 2. The minimum atomic E-state index is -2.35. The normalized spacial score (nSPS) is 25.9. The number of ether oxygens (including phenoxy) is 2. The molecule has 0 aliphatic carbocycles. The molecule has 1 heterocycles. The van der Waals surface area contributed by atoms with E-state index in [9.17, 15) is 15.0 Å². The van der Waals surface area contributed by atoms with Crippen LogP contribution in [0.4, 0.5) is 4.79 Å². The summed E-state index contributed by atoms with van der Waals surface area (Å²) in [4.78, 5) is 10.8. The molecular weight excluding hydrogens is 180 g/mol. The van der Waals surface area contributed by atoms with Gasteiger partial charge in [-0.2, -0.15) is 0 Å². The van der Waals surface area contributed by atoms with Gasteiger partial charge in [0.05, 0.1) is 0 Å². The van der Waals surface area contributed by atoms with E-state index in [1.807, 2.05) is 5.32 Å². The molecule has 0 radical (unpaired) electrons. The van der Waals surface area contributed by atoms with Gasteiger partial charge in [-0.3, -0.25) is 5.32 Å². The fraction of sp³-hybridized carbons (Fsp3) is 0.833. The maximum Gasteiger partial charge on any atom is 0.319 e. The number of rotatable bonds is 3. The van der Waals surface area contributed by atoms with Crippen molar-refractivity contribution in [3.63, 3.8) is 0 Å². The van der Waals surface area contributed by atoms with Crippen molar-refractivity contribution < 1.29 is 24.5 Å². The second kappa shape index (κ2) is 3.46. The molecule has 7 heteroatoms. The van der Waals surface area contributed by atoms with E-state index < -0.39 is 24.3 Å². The van der Waals surface area contributed by atoms with E-state index in [0.29, 0.717) is 0 Å². The van der Waals surface area contributed by atoms with Crippen LogP contribution in [0.2, 0.25) is 0 Å². The van der Waals surface area contributed by atoms with Gasteiger partial charge < -0.3 is 25.0 Å². The summed E-state index contributed by atoms with van der Waals surface area (Å²) in [5.74, 6) is -2.35. The Hall–Kier alpha value is -0.890. The Kier molecular flexibility index (Phi) is 2.71. The van der Waals surface area contributed by atoms with Crippen molar-refractivity contribution in [3.05, 3.63) is 0 Å². The first-order valence-corrected chi connectivity index (χ1v) is 3.60. The molecule has 0 spiro atoms. The lowest BCUT2D eigenvalue weighted by Gasteiger charge is -2.27. The average molecular weight is 192 g/mol. The molecule has 1 rings (SSSR count). The number of nitrogens with one attached hydrogen (secondary N) is 2. The highest BCUT2D eigenvalue weighted by atomic mass is 16.7. The smallest absolute Gasteiger partial charge is 0.319 e. The Bertz CT molecular complexity index is 203. The van der Waals surface area contributed by atoms with Crippen LogP contribution in [0.1, 0.15) is 0 Å². The Morgan fingerprint density at radius 2 is 2.00 bits per heavy atom. The van der Waals surface area contributed by atoms with Crippen LogP contribution in [0.5, 0.6) is 0 Å². The Morgan fingerprint density at radius 3 is 2.31 bits per heavy atom. The van der Waals surface area contributed by atoms with Crippen LogP contribution >= 0.6 is 0 Å². The highest BCUT2D eigenvalue weighted by Crippen LogP contribution is 2.15. The first-order valence-electron chi connectivity index (χ1n) is 3.60. The third kappa shape index (κ3) is 1.89. The molecule has 4 N–H and O–H groups in total. The van der Waals surface area contributed by atoms with Gasteiger partial charge in [0, 0.05) is 14.2 Å². The van der Waals surface area contributed by atoms with Gasteiger partial charge in [0.15, 0.2) is 12.3 Å². The molecule has 1 unspecified atom stereocenters. The van der Waals surface area contributed by atoms with Crippen molar-refractivity contribution in [1.29, 1.82) is 0 Å². The van der Waals surface area contributed by atoms with E-state index in [1.54, 1.807) is 0 Å². The zero-order valence-corrected chi connectivity index (χ0v) is 7.27.